The zero-order chi connectivity index (χ0) is 40.6. The maximum Gasteiger partial charge on any atom is 0.123 e. The van der Waals surface area contributed by atoms with E-state index in [0.717, 1.165) is 78.9 Å². The smallest absolute Gasteiger partial charge is 0.123 e. The molecular weight excluding hydrogens is 915 g/mol. The molecule has 9 rings (SSSR count). The van der Waals surface area contributed by atoms with Gasteiger partial charge in [-0.3, -0.25) is 4.98 Å². The van der Waals surface area contributed by atoms with Crippen LogP contribution in [0.15, 0.2) is 150 Å². The monoisotopic (exact) mass is 966 g/mol. The summed E-state index contributed by atoms with van der Waals surface area (Å²) in [5, 5.41) is 3.66. The average molecular weight is 966 g/mol. The molecular formula is C53H51IrN3OSi-2. The van der Waals surface area contributed by atoms with Gasteiger partial charge in [0.1, 0.15) is 5.58 Å². The standard InChI is InChI=1S/C35H27N2O.C18H24NSi.Ir/c1-35(2,3)25-17-19-26(20-18-25)37-30-15-9-8-14-29(30)36-34(37)24-21-28(23-11-5-4-6-12-23)33-27-13-7-10-16-31(27)38-32(33)22-24;1-14(2)11-16-12-17(15-9-7-6-8-10-15)19-13-18(16)20(3,4)5;/h4-21H,1-3H3;6-9,12-14H,11H2,1-5H3;/q2*-1;. The maximum atomic E-state index is 6.36. The van der Waals surface area contributed by atoms with Gasteiger partial charge < -0.3 is 14.0 Å². The molecule has 0 bridgehead atoms. The van der Waals surface area contributed by atoms with E-state index in [1.165, 1.54) is 16.3 Å². The Morgan fingerprint density at radius 2 is 1.46 bits per heavy atom. The molecule has 0 aliphatic rings. The van der Waals surface area contributed by atoms with Crippen molar-refractivity contribution in [3.8, 4) is 39.5 Å². The first kappa shape index (κ1) is 41.8. The summed E-state index contributed by atoms with van der Waals surface area (Å²) in [6.07, 6.45) is 3.24. The van der Waals surface area contributed by atoms with E-state index in [1.54, 1.807) is 0 Å². The van der Waals surface area contributed by atoms with Gasteiger partial charge in [0.15, 0.2) is 0 Å². The Labute approximate surface area is 363 Å². The molecule has 1 radical (unpaired) electrons. The van der Waals surface area contributed by atoms with Crippen LogP contribution in [0.1, 0.15) is 45.7 Å². The Bertz CT molecular complexity index is 2840. The second kappa shape index (κ2) is 17.1. The molecule has 4 nitrogen and oxygen atoms in total. The largest absolute Gasteiger partial charge is 0.477 e. The van der Waals surface area contributed by atoms with E-state index >= 15 is 0 Å². The number of imidazole rings is 1. The predicted octanol–water partition coefficient (Wildman–Crippen LogP) is 13.6. The zero-order valence-electron chi connectivity index (χ0n) is 35.2. The van der Waals surface area contributed by atoms with Crippen LogP contribution in [-0.2, 0) is 31.9 Å². The summed E-state index contributed by atoms with van der Waals surface area (Å²) in [7, 11) is -1.34. The summed E-state index contributed by atoms with van der Waals surface area (Å²) in [6.45, 7) is 18.5. The van der Waals surface area contributed by atoms with Crippen LogP contribution in [0.3, 0.4) is 0 Å². The summed E-state index contributed by atoms with van der Waals surface area (Å²) < 4.78 is 8.59. The fourth-order valence-electron chi connectivity index (χ4n) is 7.80. The van der Waals surface area contributed by atoms with E-state index in [4.69, 9.17) is 9.40 Å². The average Bonchev–Trinajstić information content (AvgIpc) is 3.79. The number of furan rings is 1. The zero-order valence-corrected chi connectivity index (χ0v) is 38.6. The van der Waals surface area contributed by atoms with Crippen molar-refractivity contribution in [3.63, 3.8) is 0 Å². The Morgan fingerprint density at radius 3 is 2.15 bits per heavy atom. The minimum absolute atomic E-state index is 0. The van der Waals surface area contributed by atoms with Crippen LogP contribution in [0, 0.1) is 18.1 Å². The summed E-state index contributed by atoms with van der Waals surface area (Å²) >= 11 is 0. The van der Waals surface area contributed by atoms with Crippen molar-refractivity contribution in [1.29, 1.82) is 0 Å². The number of pyridine rings is 1. The van der Waals surface area contributed by atoms with Crippen molar-refractivity contribution < 1.29 is 24.5 Å². The second-order valence-corrected chi connectivity index (χ2v) is 22.7. The summed E-state index contributed by atoms with van der Waals surface area (Å²) in [6, 6.07) is 55.2. The number of nitrogens with zero attached hydrogens (tertiary/aromatic N) is 3. The minimum atomic E-state index is -1.34. The van der Waals surface area contributed by atoms with Gasteiger partial charge >= 0.3 is 0 Å². The minimum Gasteiger partial charge on any atom is -0.477 e. The van der Waals surface area contributed by atoms with Gasteiger partial charge in [-0.05, 0) is 80.9 Å². The third-order valence-electron chi connectivity index (χ3n) is 10.7. The van der Waals surface area contributed by atoms with Crippen molar-refractivity contribution in [2.75, 3.05) is 0 Å². The van der Waals surface area contributed by atoms with Crippen LogP contribution in [0.2, 0.25) is 19.6 Å². The van der Waals surface area contributed by atoms with Gasteiger partial charge in [0.25, 0.3) is 0 Å². The van der Waals surface area contributed by atoms with Crippen LogP contribution < -0.4 is 5.19 Å². The molecule has 0 aliphatic heterocycles. The van der Waals surface area contributed by atoms with Crippen molar-refractivity contribution in [1.82, 2.24) is 14.5 Å². The number of fused-ring (bicyclic) bond motifs is 4. The van der Waals surface area contributed by atoms with Gasteiger partial charge in [0.05, 0.1) is 30.5 Å². The molecule has 0 amide bonds. The van der Waals surface area contributed by atoms with Crippen molar-refractivity contribution in [2.45, 2.75) is 66.1 Å². The maximum absolute atomic E-state index is 6.36. The number of benzene rings is 6. The van der Waals surface area contributed by atoms with Crippen molar-refractivity contribution >= 4 is 46.2 Å². The number of para-hydroxylation sites is 3. The molecule has 0 N–H and O–H groups in total. The van der Waals surface area contributed by atoms with Crippen LogP contribution in [0.5, 0.6) is 0 Å². The number of hydrogen-bond donors (Lipinski definition) is 0. The van der Waals surface area contributed by atoms with Gasteiger partial charge in [-0.1, -0.05) is 150 Å². The SMILES string of the molecule is CC(C)(C)c1ccc(-n2c(-c3[c-]c4oc5ccccc5c4c(-c4ccccc4)c3)nc3ccccc32)cc1.CC(C)Cc1cc(-c2[c-]cccc2)ncc1[Si](C)(C)C.[Ir]. The first-order chi connectivity index (χ1) is 27.8. The molecule has 0 spiro atoms. The molecule has 6 heteroatoms. The molecule has 0 unspecified atom stereocenters. The van der Waals surface area contributed by atoms with Gasteiger partial charge in [-0.25, -0.2) is 0 Å². The molecule has 0 aliphatic carbocycles. The quantitative estimate of drug-likeness (QED) is 0.118. The molecule has 0 saturated heterocycles. The Morgan fingerprint density at radius 1 is 0.763 bits per heavy atom. The van der Waals surface area contributed by atoms with E-state index in [0.29, 0.717) is 5.92 Å². The van der Waals surface area contributed by atoms with Crippen molar-refractivity contribution in [3.05, 3.63) is 169 Å². The van der Waals surface area contributed by atoms with Crippen LogP contribution in [0.4, 0.5) is 0 Å². The predicted molar refractivity (Wildman–Crippen MR) is 247 cm³/mol. The normalized spacial score (nSPS) is 11.8. The third kappa shape index (κ3) is 8.82. The molecule has 0 saturated carbocycles. The Hall–Kier alpha value is -5.39. The molecule has 3 aromatic heterocycles. The topological polar surface area (TPSA) is 43.9 Å². The fourth-order valence-corrected chi connectivity index (χ4v) is 9.39. The fraction of sp³-hybridized carbons (Fsp3) is 0.208. The third-order valence-corrected chi connectivity index (χ3v) is 12.8. The van der Waals surface area contributed by atoms with Crippen LogP contribution in [-0.4, -0.2) is 22.6 Å². The summed E-state index contributed by atoms with van der Waals surface area (Å²) in [4.78, 5) is 9.80. The van der Waals surface area contributed by atoms with E-state index in [9.17, 15) is 0 Å². The first-order valence-corrected chi connectivity index (χ1v) is 23.8. The Kier molecular flexibility index (Phi) is 12.1. The van der Waals surface area contributed by atoms with E-state index in [-0.39, 0.29) is 25.5 Å². The van der Waals surface area contributed by atoms with Gasteiger partial charge in [-0.2, -0.15) is 0 Å². The Balaban J connectivity index is 0.000000214. The molecule has 9 aromatic rings. The number of hydrogen-bond acceptors (Lipinski definition) is 3. The molecule has 3 heterocycles. The molecule has 6 aromatic carbocycles. The second-order valence-electron chi connectivity index (χ2n) is 17.7. The first-order valence-electron chi connectivity index (χ1n) is 20.3. The van der Waals surface area contributed by atoms with Gasteiger partial charge in [-0.15, -0.1) is 47.5 Å². The molecule has 59 heavy (non-hydrogen) atoms. The molecule has 299 valence electrons. The van der Waals surface area contributed by atoms with Crippen molar-refractivity contribution in [2.24, 2.45) is 5.92 Å². The number of rotatable bonds is 7. The van der Waals surface area contributed by atoms with Gasteiger partial charge in [0.2, 0.25) is 0 Å². The van der Waals surface area contributed by atoms with E-state index in [2.05, 4.69) is 179 Å². The summed E-state index contributed by atoms with van der Waals surface area (Å²) in [5.41, 5.74) is 12.8. The molecule has 0 atom stereocenters. The van der Waals surface area contributed by atoms with Crippen LogP contribution in [0.25, 0.3) is 72.4 Å². The van der Waals surface area contributed by atoms with E-state index in [1.807, 2.05) is 42.5 Å². The molecule has 0 fully saturated rings. The van der Waals surface area contributed by atoms with E-state index < -0.39 is 8.07 Å². The number of aromatic nitrogens is 3. The van der Waals surface area contributed by atoms with Crippen LogP contribution >= 0.6 is 0 Å². The van der Waals surface area contributed by atoms with Gasteiger partial charge in [0, 0.05) is 32.0 Å². The summed E-state index contributed by atoms with van der Waals surface area (Å²) in [5.74, 6) is 1.51.